The molecule has 0 fully saturated rings. The fourth-order valence-corrected chi connectivity index (χ4v) is 3.09. The van der Waals surface area contributed by atoms with E-state index in [1.54, 1.807) is 17.5 Å². The van der Waals surface area contributed by atoms with Gasteiger partial charge in [0.05, 0.1) is 0 Å². The maximum absolute atomic E-state index is 13.7. The summed E-state index contributed by atoms with van der Waals surface area (Å²) in [5.41, 5.74) is -3.26. The number of nitrogens with zero attached hydrogens (tertiary/aromatic N) is 1. The zero-order valence-electron chi connectivity index (χ0n) is 12.3. The Morgan fingerprint density at radius 3 is 2.33 bits per heavy atom. The maximum Gasteiger partial charge on any atom is 0.417 e. The molecule has 1 heterocycles. The van der Waals surface area contributed by atoms with Crippen molar-refractivity contribution in [3.8, 4) is 0 Å². The van der Waals surface area contributed by atoms with E-state index in [-0.39, 0.29) is 12.1 Å². The summed E-state index contributed by atoms with van der Waals surface area (Å²) < 4.78 is 54.2. The third kappa shape index (κ3) is 4.09. The van der Waals surface area contributed by atoms with Crippen molar-refractivity contribution >= 4 is 11.3 Å². The van der Waals surface area contributed by atoms with Gasteiger partial charge in [0.2, 0.25) is 12.1 Å². The minimum atomic E-state index is -4.92. The molecular formula is C15H14F4N2O2S. The molecule has 4 nitrogen and oxygen atoms in total. The monoisotopic (exact) mass is 362 g/mol. The Bertz CT molecular complexity index is 674. The van der Waals surface area contributed by atoms with Gasteiger partial charge in [-0.1, -0.05) is 18.2 Å². The Hall–Kier alpha value is -2.00. The van der Waals surface area contributed by atoms with Gasteiger partial charge in [-0.2, -0.15) is 13.2 Å². The summed E-state index contributed by atoms with van der Waals surface area (Å²) in [6, 6.07) is 7.10. The van der Waals surface area contributed by atoms with Crippen molar-refractivity contribution in [2.24, 2.45) is 0 Å². The molecular weight excluding hydrogens is 348 g/mol. The fraction of sp³-hybridized carbons (Fsp3) is 0.333. The minimum absolute atomic E-state index is 0.106. The van der Waals surface area contributed by atoms with Gasteiger partial charge in [0.25, 0.3) is 0 Å². The van der Waals surface area contributed by atoms with Crippen molar-refractivity contribution in [2.75, 3.05) is 13.1 Å². The topological polar surface area (TPSA) is 55.2 Å². The van der Waals surface area contributed by atoms with Crippen LogP contribution in [0, 0.1) is 15.9 Å². The summed E-state index contributed by atoms with van der Waals surface area (Å²) >= 11 is 1.39. The first-order valence-corrected chi connectivity index (χ1v) is 7.84. The molecule has 2 aromatic rings. The van der Waals surface area contributed by atoms with E-state index >= 15 is 0 Å². The number of benzene rings is 1. The highest BCUT2D eigenvalue weighted by Crippen LogP contribution is 2.39. The third-order valence-electron chi connectivity index (χ3n) is 3.57. The Morgan fingerprint density at radius 2 is 1.83 bits per heavy atom. The van der Waals surface area contributed by atoms with Gasteiger partial charge in [0.1, 0.15) is 5.82 Å². The number of alkyl halides is 3. The lowest BCUT2D eigenvalue weighted by Gasteiger charge is -2.33. The van der Waals surface area contributed by atoms with E-state index in [0.717, 1.165) is 29.1 Å². The van der Waals surface area contributed by atoms with Crippen molar-refractivity contribution in [3.05, 3.63) is 68.2 Å². The van der Waals surface area contributed by atoms with Crippen LogP contribution in [-0.2, 0) is 12.0 Å². The maximum atomic E-state index is 13.7. The molecule has 0 radical (unpaired) electrons. The Kier molecular flexibility index (Phi) is 5.55. The number of rotatable bonds is 7. The first-order chi connectivity index (χ1) is 11.2. The Morgan fingerprint density at radius 1 is 1.17 bits per heavy atom. The summed E-state index contributed by atoms with van der Waals surface area (Å²) in [5.74, 6) is -0.713. The van der Waals surface area contributed by atoms with Gasteiger partial charge in [-0.3, -0.25) is 15.4 Å². The summed E-state index contributed by atoms with van der Waals surface area (Å²) in [7, 11) is 0. The molecule has 1 aromatic carbocycles. The van der Waals surface area contributed by atoms with Crippen LogP contribution in [0.1, 0.15) is 10.4 Å². The predicted octanol–water partition coefficient (Wildman–Crippen LogP) is 3.75. The number of thiophene rings is 1. The number of hydrogen-bond donors (Lipinski definition) is 1. The van der Waals surface area contributed by atoms with Crippen LogP contribution in [0.4, 0.5) is 17.6 Å². The molecule has 9 heteroatoms. The second-order valence-electron chi connectivity index (χ2n) is 5.16. The zero-order valence-corrected chi connectivity index (χ0v) is 13.2. The average Bonchev–Trinajstić information content (AvgIpc) is 2.98. The normalized spacial score (nSPS) is 14.3. The quantitative estimate of drug-likeness (QED) is 0.464. The standard InChI is InChI=1S/C15H14F4N2O2S/c16-12-5-3-11(4-6-12)14(10-21(22)23,15(17,18)19)20-8-7-13-2-1-9-24-13/h1-6,9,20H,7-8,10H2/t14-/m0/s1. The third-order valence-corrected chi connectivity index (χ3v) is 4.50. The van der Waals surface area contributed by atoms with E-state index in [4.69, 9.17) is 0 Å². The van der Waals surface area contributed by atoms with Crippen LogP contribution in [0.15, 0.2) is 41.8 Å². The fourth-order valence-electron chi connectivity index (χ4n) is 2.38. The van der Waals surface area contributed by atoms with Gasteiger partial charge in [0, 0.05) is 16.3 Å². The molecule has 2 rings (SSSR count). The molecule has 1 atom stereocenters. The molecule has 0 unspecified atom stereocenters. The molecule has 24 heavy (non-hydrogen) atoms. The highest BCUT2D eigenvalue weighted by atomic mass is 32.1. The van der Waals surface area contributed by atoms with E-state index in [2.05, 4.69) is 5.32 Å². The van der Waals surface area contributed by atoms with Crippen molar-refractivity contribution in [1.82, 2.24) is 5.32 Å². The second kappa shape index (κ2) is 7.27. The number of hydrogen-bond acceptors (Lipinski definition) is 4. The van der Waals surface area contributed by atoms with Gasteiger partial charge in [-0.05, 0) is 35.6 Å². The van der Waals surface area contributed by atoms with E-state index in [1.807, 2.05) is 0 Å². The van der Waals surface area contributed by atoms with Crippen molar-refractivity contribution in [2.45, 2.75) is 18.1 Å². The van der Waals surface area contributed by atoms with Gasteiger partial charge in [-0.15, -0.1) is 11.3 Å². The lowest BCUT2D eigenvalue weighted by Crippen LogP contribution is -2.58. The summed E-state index contributed by atoms with van der Waals surface area (Å²) in [6.45, 7) is -1.49. The van der Waals surface area contributed by atoms with Crippen LogP contribution in [0.3, 0.4) is 0 Å². The molecule has 0 aliphatic heterocycles. The summed E-state index contributed by atoms with van der Waals surface area (Å²) in [6.07, 6.45) is -4.62. The molecule has 1 N–H and O–H groups in total. The number of halogens is 4. The van der Waals surface area contributed by atoms with Crippen LogP contribution in [0.25, 0.3) is 0 Å². The lowest BCUT2D eigenvalue weighted by molar-refractivity contribution is -0.504. The highest BCUT2D eigenvalue weighted by molar-refractivity contribution is 7.09. The van der Waals surface area contributed by atoms with E-state index in [0.29, 0.717) is 6.42 Å². The average molecular weight is 362 g/mol. The van der Waals surface area contributed by atoms with Gasteiger partial charge < -0.3 is 0 Å². The van der Waals surface area contributed by atoms with Crippen LogP contribution in [0.5, 0.6) is 0 Å². The smallest absolute Gasteiger partial charge is 0.294 e. The molecule has 0 aliphatic carbocycles. The van der Waals surface area contributed by atoms with Crippen LogP contribution < -0.4 is 5.32 Å². The van der Waals surface area contributed by atoms with Gasteiger partial charge >= 0.3 is 6.18 Å². The van der Waals surface area contributed by atoms with Gasteiger partial charge in [0.15, 0.2) is 0 Å². The van der Waals surface area contributed by atoms with Gasteiger partial charge in [-0.25, -0.2) is 4.39 Å². The number of nitro groups is 1. The van der Waals surface area contributed by atoms with Crippen LogP contribution in [0.2, 0.25) is 0 Å². The minimum Gasteiger partial charge on any atom is -0.294 e. The summed E-state index contributed by atoms with van der Waals surface area (Å²) in [4.78, 5) is 10.7. The second-order valence-corrected chi connectivity index (χ2v) is 6.19. The van der Waals surface area contributed by atoms with E-state index in [9.17, 15) is 27.7 Å². The molecule has 0 saturated heterocycles. The van der Waals surface area contributed by atoms with Crippen molar-refractivity contribution in [3.63, 3.8) is 0 Å². The molecule has 0 aliphatic rings. The Balaban J connectivity index is 2.33. The SMILES string of the molecule is O=[N+]([O-])C[C@](NCCc1cccs1)(c1ccc(F)cc1)C(F)(F)F. The van der Waals surface area contributed by atoms with Crippen LogP contribution in [-0.4, -0.2) is 24.2 Å². The van der Waals surface area contributed by atoms with E-state index in [1.165, 1.54) is 11.3 Å². The van der Waals surface area contributed by atoms with Crippen molar-refractivity contribution < 1.29 is 22.5 Å². The first kappa shape index (κ1) is 18.3. The molecule has 0 amide bonds. The first-order valence-electron chi connectivity index (χ1n) is 6.96. The molecule has 0 spiro atoms. The largest absolute Gasteiger partial charge is 0.417 e. The number of nitrogens with one attached hydrogen (secondary N) is 1. The van der Waals surface area contributed by atoms with Crippen molar-refractivity contribution in [1.29, 1.82) is 0 Å². The lowest BCUT2D eigenvalue weighted by atomic mass is 9.88. The molecule has 1 aromatic heterocycles. The van der Waals surface area contributed by atoms with Crippen LogP contribution >= 0.6 is 11.3 Å². The predicted molar refractivity (Wildman–Crippen MR) is 82.0 cm³/mol. The molecule has 0 bridgehead atoms. The Labute approximate surface area is 139 Å². The molecule has 0 saturated carbocycles. The highest BCUT2D eigenvalue weighted by Gasteiger charge is 2.59. The molecule has 130 valence electrons. The zero-order chi connectivity index (χ0) is 17.8. The van der Waals surface area contributed by atoms with E-state index < -0.39 is 29.0 Å². The summed E-state index contributed by atoms with van der Waals surface area (Å²) in [5, 5.41) is 15.0.